The van der Waals surface area contributed by atoms with Crippen LogP contribution in [0.4, 0.5) is 0 Å². The smallest absolute Gasteiger partial charge is 0.120 e. The second-order valence-electron chi connectivity index (χ2n) is 3.04. The first-order chi connectivity index (χ1) is 5.61. The largest absolute Gasteiger partial charge is 0.395 e. The lowest BCUT2D eigenvalue weighted by Crippen LogP contribution is -2.41. The van der Waals surface area contributed by atoms with Crippen molar-refractivity contribution in [1.82, 2.24) is 9.80 Å². The third-order valence-electron chi connectivity index (χ3n) is 1.98. The van der Waals surface area contributed by atoms with Crippen LogP contribution in [0, 0.1) is 0 Å². The average molecular weight is 176 g/mol. The van der Waals surface area contributed by atoms with Crippen LogP contribution in [-0.2, 0) is 0 Å². The fourth-order valence-corrected chi connectivity index (χ4v) is 0.854. The zero-order valence-corrected chi connectivity index (χ0v) is 8.19. The van der Waals surface area contributed by atoms with E-state index in [0.717, 1.165) is 6.54 Å². The highest BCUT2D eigenvalue weighted by Gasteiger charge is 2.11. The molecule has 0 saturated carbocycles. The molecule has 4 heteroatoms. The molecule has 0 spiro atoms. The van der Waals surface area contributed by atoms with E-state index in [4.69, 9.17) is 5.11 Å². The normalized spacial score (nSPS) is 14.2. The Morgan fingerprint density at radius 2 is 1.92 bits per heavy atom. The van der Waals surface area contributed by atoms with Crippen molar-refractivity contribution in [3.8, 4) is 0 Å². The van der Waals surface area contributed by atoms with Crippen LogP contribution in [0.1, 0.15) is 6.92 Å². The number of hydrogen-bond donors (Lipinski definition) is 2. The summed E-state index contributed by atoms with van der Waals surface area (Å²) in [6.07, 6.45) is -0.484. The molecule has 0 radical (unpaired) electrons. The maximum absolute atomic E-state index is 9.52. The molecule has 2 N–H and O–H groups in total. The van der Waals surface area contributed by atoms with Crippen LogP contribution in [0.25, 0.3) is 0 Å². The van der Waals surface area contributed by atoms with Gasteiger partial charge in [0.05, 0.1) is 6.61 Å². The Morgan fingerprint density at radius 1 is 1.33 bits per heavy atom. The SMILES string of the molecule is CCN(C)CC(O)N(C)CCO. The van der Waals surface area contributed by atoms with Crippen molar-refractivity contribution in [3.63, 3.8) is 0 Å². The molecule has 0 aromatic rings. The fraction of sp³-hybridized carbons (Fsp3) is 1.00. The van der Waals surface area contributed by atoms with Gasteiger partial charge in [-0.3, -0.25) is 4.90 Å². The van der Waals surface area contributed by atoms with Gasteiger partial charge in [0.25, 0.3) is 0 Å². The van der Waals surface area contributed by atoms with Gasteiger partial charge in [0, 0.05) is 13.1 Å². The monoisotopic (exact) mass is 176 g/mol. The molecule has 1 atom stereocenters. The summed E-state index contributed by atoms with van der Waals surface area (Å²) < 4.78 is 0. The van der Waals surface area contributed by atoms with E-state index in [1.165, 1.54) is 0 Å². The fourth-order valence-electron chi connectivity index (χ4n) is 0.854. The zero-order chi connectivity index (χ0) is 9.56. The van der Waals surface area contributed by atoms with Crippen LogP contribution in [0.3, 0.4) is 0 Å². The molecule has 0 aromatic carbocycles. The van der Waals surface area contributed by atoms with Gasteiger partial charge in [-0.25, -0.2) is 0 Å². The molecular formula is C8H20N2O2. The summed E-state index contributed by atoms with van der Waals surface area (Å²) in [4.78, 5) is 3.75. The van der Waals surface area contributed by atoms with E-state index in [9.17, 15) is 5.11 Å². The summed E-state index contributed by atoms with van der Waals surface area (Å²) in [7, 11) is 3.75. The molecule has 1 unspecified atom stereocenters. The molecule has 0 aliphatic rings. The third kappa shape index (κ3) is 4.66. The molecule has 74 valence electrons. The van der Waals surface area contributed by atoms with Crippen molar-refractivity contribution >= 4 is 0 Å². The number of rotatable bonds is 6. The third-order valence-corrected chi connectivity index (χ3v) is 1.98. The maximum Gasteiger partial charge on any atom is 0.120 e. The van der Waals surface area contributed by atoms with E-state index in [-0.39, 0.29) is 6.61 Å². The van der Waals surface area contributed by atoms with Crippen LogP contribution in [0.2, 0.25) is 0 Å². The van der Waals surface area contributed by atoms with Gasteiger partial charge in [0.1, 0.15) is 6.23 Å². The predicted molar refractivity (Wildman–Crippen MR) is 48.9 cm³/mol. The van der Waals surface area contributed by atoms with Crippen molar-refractivity contribution in [2.24, 2.45) is 0 Å². The number of nitrogens with zero attached hydrogens (tertiary/aromatic N) is 2. The summed E-state index contributed by atoms with van der Waals surface area (Å²) in [6, 6.07) is 0. The average Bonchev–Trinajstić information content (AvgIpc) is 2.04. The molecule has 0 rings (SSSR count). The summed E-state index contributed by atoms with van der Waals surface area (Å²) in [5.41, 5.74) is 0. The van der Waals surface area contributed by atoms with Gasteiger partial charge in [0.15, 0.2) is 0 Å². The molecule has 0 bridgehead atoms. The van der Waals surface area contributed by atoms with E-state index in [1.807, 2.05) is 18.9 Å². The minimum absolute atomic E-state index is 0.0867. The minimum atomic E-state index is -0.484. The molecule has 0 fully saturated rings. The Bertz CT molecular complexity index is 111. The summed E-state index contributed by atoms with van der Waals surface area (Å²) in [6.45, 7) is 4.18. The van der Waals surface area contributed by atoms with E-state index in [2.05, 4.69) is 0 Å². The van der Waals surface area contributed by atoms with Crippen LogP contribution in [0.15, 0.2) is 0 Å². The van der Waals surface area contributed by atoms with Crippen molar-refractivity contribution in [2.45, 2.75) is 13.2 Å². The lowest BCUT2D eigenvalue weighted by Gasteiger charge is -2.26. The van der Waals surface area contributed by atoms with Gasteiger partial charge in [-0.2, -0.15) is 0 Å². The van der Waals surface area contributed by atoms with Crippen molar-refractivity contribution in [2.75, 3.05) is 40.3 Å². The lowest BCUT2D eigenvalue weighted by molar-refractivity contribution is -0.00708. The Morgan fingerprint density at radius 3 is 2.33 bits per heavy atom. The minimum Gasteiger partial charge on any atom is -0.395 e. The number of hydrogen-bond acceptors (Lipinski definition) is 4. The summed E-state index contributed by atoms with van der Waals surface area (Å²) in [5, 5.41) is 18.1. The standard InChI is InChI=1S/C8H20N2O2/c1-4-9(2)7-8(12)10(3)5-6-11/h8,11-12H,4-7H2,1-3H3. The molecular weight excluding hydrogens is 156 g/mol. The van der Waals surface area contributed by atoms with Crippen molar-refractivity contribution in [1.29, 1.82) is 0 Å². The zero-order valence-electron chi connectivity index (χ0n) is 8.19. The first-order valence-corrected chi connectivity index (χ1v) is 4.29. The van der Waals surface area contributed by atoms with Crippen LogP contribution in [-0.4, -0.2) is 66.6 Å². The molecule has 0 aliphatic heterocycles. The highest BCUT2D eigenvalue weighted by molar-refractivity contribution is 4.60. The van der Waals surface area contributed by atoms with Crippen LogP contribution in [0.5, 0.6) is 0 Å². The first-order valence-electron chi connectivity index (χ1n) is 4.29. The molecule has 12 heavy (non-hydrogen) atoms. The Balaban J connectivity index is 3.62. The molecule has 0 amide bonds. The Labute approximate surface area is 74.4 Å². The van der Waals surface area contributed by atoms with Gasteiger partial charge in [-0.05, 0) is 20.6 Å². The lowest BCUT2D eigenvalue weighted by atomic mass is 10.4. The number of likely N-dealkylation sites (N-methyl/N-ethyl adjacent to an activating group) is 2. The van der Waals surface area contributed by atoms with E-state index in [1.54, 1.807) is 11.9 Å². The van der Waals surface area contributed by atoms with E-state index < -0.39 is 6.23 Å². The van der Waals surface area contributed by atoms with Gasteiger partial charge >= 0.3 is 0 Å². The summed E-state index contributed by atoms with van der Waals surface area (Å²) in [5.74, 6) is 0. The van der Waals surface area contributed by atoms with Crippen molar-refractivity contribution < 1.29 is 10.2 Å². The topological polar surface area (TPSA) is 46.9 Å². The van der Waals surface area contributed by atoms with E-state index >= 15 is 0 Å². The van der Waals surface area contributed by atoms with Gasteiger partial charge in [-0.15, -0.1) is 0 Å². The molecule has 0 saturated heterocycles. The Kier molecular flexibility index (Phi) is 6.28. The van der Waals surface area contributed by atoms with Crippen molar-refractivity contribution in [3.05, 3.63) is 0 Å². The second-order valence-corrected chi connectivity index (χ2v) is 3.04. The van der Waals surface area contributed by atoms with Gasteiger partial charge in [-0.1, -0.05) is 6.92 Å². The highest BCUT2D eigenvalue weighted by atomic mass is 16.3. The first kappa shape index (κ1) is 11.8. The number of aliphatic hydroxyl groups excluding tert-OH is 2. The van der Waals surface area contributed by atoms with Crippen LogP contribution < -0.4 is 0 Å². The predicted octanol–water partition coefficient (Wildman–Crippen LogP) is -0.819. The second kappa shape index (κ2) is 6.37. The quantitative estimate of drug-likeness (QED) is 0.519. The molecule has 4 nitrogen and oxygen atoms in total. The van der Waals surface area contributed by atoms with Gasteiger partial charge < -0.3 is 15.1 Å². The highest BCUT2D eigenvalue weighted by Crippen LogP contribution is 1.94. The van der Waals surface area contributed by atoms with E-state index in [0.29, 0.717) is 13.1 Å². The Hall–Kier alpha value is -0.160. The molecule has 0 heterocycles. The summed E-state index contributed by atoms with van der Waals surface area (Å²) >= 11 is 0. The molecule has 0 aliphatic carbocycles. The molecule has 0 aromatic heterocycles. The van der Waals surface area contributed by atoms with Gasteiger partial charge in [0.2, 0.25) is 0 Å². The van der Waals surface area contributed by atoms with Crippen LogP contribution >= 0.6 is 0 Å². The maximum atomic E-state index is 9.52. The number of aliphatic hydroxyl groups is 2.